The van der Waals surface area contributed by atoms with Crippen LogP contribution in [0.4, 0.5) is 0 Å². The molecule has 1 aromatic rings. The zero-order valence-electron chi connectivity index (χ0n) is 10.9. The van der Waals surface area contributed by atoms with Gasteiger partial charge in [-0.25, -0.2) is 0 Å². The third-order valence-corrected chi connectivity index (χ3v) is 3.40. The van der Waals surface area contributed by atoms with Gasteiger partial charge < -0.3 is 9.47 Å². The minimum Gasteiger partial charge on any atom is -0.496 e. The zero-order chi connectivity index (χ0) is 13.0. The van der Waals surface area contributed by atoms with Crippen molar-refractivity contribution in [3.05, 3.63) is 29.8 Å². The molecule has 0 radical (unpaired) electrons. The molecule has 0 aliphatic carbocycles. The second-order valence-corrected chi connectivity index (χ2v) is 4.46. The lowest BCUT2D eigenvalue weighted by molar-refractivity contribution is -0.146. The minimum atomic E-state index is -0.137. The number of hydrogen-bond donors (Lipinski definition) is 0. The number of carbonyl (C=O) groups excluding carboxylic acids is 1. The van der Waals surface area contributed by atoms with E-state index in [0.29, 0.717) is 0 Å². The molecule has 2 rings (SSSR count). The Bertz CT molecular complexity index is 419. The molecule has 0 spiro atoms. The Morgan fingerprint density at radius 3 is 2.89 bits per heavy atom. The van der Waals surface area contributed by atoms with Crippen molar-refractivity contribution in [1.29, 1.82) is 0 Å². The van der Waals surface area contributed by atoms with Gasteiger partial charge in [0.25, 0.3) is 0 Å². The van der Waals surface area contributed by atoms with Gasteiger partial charge in [-0.15, -0.1) is 0 Å². The third kappa shape index (κ3) is 2.64. The summed E-state index contributed by atoms with van der Waals surface area (Å²) in [4.78, 5) is 13.8. The quantitative estimate of drug-likeness (QED) is 0.763. The number of nitrogens with zero attached hydrogens (tertiary/aromatic N) is 1. The van der Waals surface area contributed by atoms with Crippen molar-refractivity contribution in [3.63, 3.8) is 0 Å². The van der Waals surface area contributed by atoms with Crippen LogP contribution in [-0.4, -0.2) is 37.7 Å². The summed E-state index contributed by atoms with van der Waals surface area (Å²) in [6.45, 7) is 1.65. The summed E-state index contributed by atoms with van der Waals surface area (Å²) in [6, 6.07) is 7.80. The molecule has 18 heavy (non-hydrogen) atoms. The number of rotatable bonds is 4. The van der Waals surface area contributed by atoms with Gasteiger partial charge in [0.15, 0.2) is 0 Å². The average Bonchev–Trinajstić information content (AvgIpc) is 2.86. The number of hydrogen-bond acceptors (Lipinski definition) is 4. The Balaban J connectivity index is 2.10. The van der Waals surface area contributed by atoms with Crippen LogP contribution in [0, 0.1) is 0 Å². The zero-order valence-corrected chi connectivity index (χ0v) is 10.9. The van der Waals surface area contributed by atoms with E-state index < -0.39 is 0 Å². The van der Waals surface area contributed by atoms with E-state index in [2.05, 4.69) is 4.90 Å². The molecule has 0 saturated carbocycles. The highest BCUT2D eigenvalue weighted by atomic mass is 16.5. The molecular weight excluding hydrogens is 230 g/mol. The van der Waals surface area contributed by atoms with Gasteiger partial charge in [-0.3, -0.25) is 9.69 Å². The second kappa shape index (κ2) is 5.87. The van der Waals surface area contributed by atoms with Gasteiger partial charge in [-0.1, -0.05) is 18.2 Å². The van der Waals surface area contributed by atoms with E-state index >= 15 is 0 Å². The average molecular weight is 249 g/mol. The topological polar surface area (TPSA) is 38.8 Å². The molecule has 4 nitrogen and oxygen atoms in total. The molecule has 98 valence electrons. The Labute approximate surface area is 107 Å². The van der Waals surface area contributed by atoms with Crippen LogP contribution in [0.25, 0.3) is 0 Å². The van der Waals surface area contributed by atoms with Crippen LogP contribution in [0.2, 0.25) is 0 Å². The lowest BCUT2D eigenvalue weighted by Gasteiger charge is -2.23. The summed E-state index contributed by atoms with van der Waals surface area (Å²) in [5.41, 5.74) is 1.11. The van der Waals surface area contributed by atoms with Crippen LogP contribution in [0.15, 0.2) is 24.3 Å². The molecular formula is C14H19NO3. The molecule has 1 atom stereocenters. The fraction of sp³-hybridized carbons (Fsp3) is 0.500. The van der Waals surface area contributed by atoms with Crippen LogP contribution < -0.4 is 4.74 Å². The van der Waals surface area contributed by atoms with E-state index in [9.17, 15) is 4.79 Å². The monoisotopic (exact) mass is 249 g/mol. The van der Waals surface area contributed by atoms with E-state index in [1.807, 2.05) is 24.3 Å². The molecule has 4 heteroatoms. The summed E-state index contributed by atoms with van der Waals surface area (Å²) in [7, 11) is 3.11. The SMILES string of the molecule is COC(=O)[C@@H]1CCCN1Cc1ccccc1OC. The van der Waals surface area contributed by atoms with Crippen molar-refractivity contribution in [2.24, 2.45) is 0 Å². The summed E-state index contributed by atoms with van der Waals surface area (Å²) in [5, 5.41) is 0. The van der Waals surface area contributed by atoms with E-state index in [-0.39, 0.29) is 12.0 Å². The van der Waals surface area contributed by atoms with Crippen molar-refractivity contribution in [2.45, 2.75) is 25.4 Å². The van der Waals surface area contributed by atoms with Gasteiger partial charge in [0.2, 0.25) is 0 Å². The van der Waals surface area contributed by atoms with Gasteiger partial charge in [0.1, 0.15) is 11.8 Å². The highest BCUT2D eigenvalue weighted by Crippen LogP contribution is 2.25. The molecule has 0 unspecified atom stereocenters. The fourth-order valence-corrected chi connectivity index (χ4v) is 2.47. The first kappa shape index (κ1) is 12.9. The van der Waals surface area contributed by atoms with Gasteiger partial charge in [-0.05, 0) is 25.5 Å². The highest BCUT2D eigenvalue weighted by Gasteiger charge is 2.31. The van der Waals surface area contributed by atoms with Crippen molar-refractivity contribution >= 4 is 5.97 Å². The Hall–Kier alpha value is -1.55. The normalized spacial score (nSPS) is 19.8. The van der Waals surface area contributed by atoms with Crippen molar-refractivity contribution < 1.29 is 14.3 Å². The lowest BCUT2D eigenvalue weighted by Crippen LogP contribution is -2.36. The number of para-hydroxylation sites is 1. The molecule has 0 bridgehead atoms. The first-order valence-electron chi connectivity index (χ1n) is 6.20. The number of benzene rings is 1. The predicted molar refractivity (Wildman–Crippen MR) is 68.4 cm³/mol. The van der Waals surface area contributed by atoms with Crippen LogP contribution in [-0.2, 0) is 16.1 Å². The maximum atomic E-state index is 11.7. The smallest absolute Gasteiger partial charge is 0.323 e. The number of esters is 1. The molecule has 1 saturated heterocycles. The summed E-state index contributed by atoms with van der Waals surface area (Å²) in [5.74, 6) is 0.732. The van der Waals surface area contributed by atoms with Crippen molar-refractivity contribution in [3.8, 4) is 5.75 Å². The summed E-state index contributed by atoms with van der Waals surface area (Å²) < 4.78 is 10.2. The molecule has 1 heterocycles. The number of ether oxygens (including phenoxy) is 2. The standard InChI is InChI=1S/C14H19NO3/c1-17-13-8-4-3-6-11(13)10-15-9-5-7-12(15)14(16)18-2/h3-4,6,8,12H,5,7,9-10H2,1-2H3/t12-/m0/s1. The predicted octanol–water partition coefficient (Wildman–Crippen LogP) is 1.83. The number of carbonyl (C=O) groups is 1. The second-order valence-electron chi connectivity index (χ2n) is 4.46. The van der Waals surface area contributed by atoms with Crippen molar-refractivity contribution in [1.82, 2.24) is 4.90 Å². The maximum absolute atomic E-state index is 11.7. The molecule has 0 N–H and O–H groups in total. The minimum absolute atomic E-state index is 0.111. The number of methoxy groups -OCH3 is 2. The third-order valence-electron chi connectivity index (χ3n) is 3.40. The van der Waals surface area contributed by atoms with Gasteiger partial charge in [0, 0.05) is 12.1 Å². The van der Waals surface area contributed by atoms with Crippen LogP contribution in [0.5, 0.6) is 5.75 Å². The van der Waals surface area contributed by atoms with Crippen LogP contribution >= 0.6 is 0 Å². The Kier molecular flexibility index (Phi) is 4.20. The highest BCUT2D eigenvalue weighted by molar-refractivity contribution is 5.76. The molecule has 1 aromatic carbocycles. The molecule has 1 aliphatic heterocycles. The van der Waals surface area contributed by atoms with E-state index in [1.54, 1.807) is 7.11 Å². The molecule has 1 fully saturated rings. The van der Waals surface area contributed by atoms with E-state index in [0.717, 1.165) is 37.2 Å². The first-order chi connectivity index (χ1) is 8.76. The fourth-order valence-electron chi connectivity index (χ4n) is 2.47. The first-order valence-corrected chi connectivity index (χ1v) is 6.20. The summed E-state index contributed by atoms with van der Waals surface area (Å²) >= 11 is 0. The van der Waals surface area contributed by atoms with Crippen LogP contribution in [0.3, 0.4) is 0 Å². The van der Waals surface area contributed by atoms with Crippen molar-refractivity contribution in [2.75, 3.05) is 20.8 Å². The van der Waals surface area contributed by atoms with Gasteiger partial charge >= 0.3 is 5.97 Å². The Morgan fingerprint density at radius 1 is 1.39 bits per heavy atom. The lowest BCUT2D eigenvalue weighted by atomic mass is 10.1. The van der Waals surface area contributed by atoms with Gasteiger partial charge in [0.05, 0.1) is 14.2 Å². The summed E-state index contributed by atoms with van der Waals surface area (Å²) in [6.07, 6.45) is 1.91. The van der Waals surface area contributed by atoms with Crippen LogP contribution in [0.1, 0.15) is 18.4 Å². The number of likely N-dealkylation sites (tertiary alicyclic amines) is 1. The van der Waals surface area contributed by atoms with E-state index in [4.69, 9.17) is 9.47 Å². The Morgan fingerprint density at radius 2 is 2.17 bits per heavy atom. The molecule has 0 amide bonds. The molecule has 0 aromatic heterocycles. The maximum Gasteiger partial charge on any atom is 0.323 e. The molecule has 1 aliphatic rings. The largest absolute Gasteiger partial charge is 0.496 e. The van der Waals surface area contributed by atoms with Gasteiger partial charge in [-0.2, -0.15) is 0 Å². The van der Waals surface area contributed by atoms with E-state index in [1.165, 1.54) is 7.11 Å².